The van der Waals surface area contributed by atoms with Crippen molar-refractivity contribution < 1.29 is 23.5 Å². The monoisotopic (exact) mass is 383 g/mol. The first kappa shape index (κ1) is 19.2. The van der Waals surface area contributed by atoms with Crippen molar-refractivity contribution in [3.63, 3.8) is 0 Å². The van der Waals surface area contributed by atoms with Gasteiger partial charge in [0.2, 0.25) is 11.7 Å². The van der Waals surface area contributed by atoms with E-state index in [1.165, 1.54) is 4.90 Å². The Morgan fingerprint density at radius 3 is 2.46 bits per heavy atom. The number of amides is 1. The predicted octanol–water partition coefficient (Wildman–Crippen LogP) is 2.79. The van der Waals surface area contributed by atoms with E-state index in [-0.39, 0.29) is 19.1 Å². The van der Waals surface area contributed by atoms with E-state index in [4.69, 9.17) is 18.7 Å². The molecule has 0 aliphatic heterocycles. The molecular formula is C20H21N3O5. The predicted molar refractivity (Wildman–Crippen MR) is 101 cm³/mol. The van der Waals surface area contributed by atoms with Gasteiger partial charge in [-0.3, -0.25) is 4.79 Å². The molecular weight excluding hydrogens is 362 g/mol. The number of aromatic nitrogens is 2. The molecule has 0 atom stereocenters. The van der Waals surface area contributed by atoms with Crippen molar-refractivity contribution in [1.29, 1.82) is 0 Å². The minimum Gasteiger partial charge on any atom is -0.497 e. The number of hydrogen-bond donors (Lipinski definition) is 0. The lowest BCUT2D eigenvalue weighted by atomic mass is 10.2. The van der Waals surface area contributed by atoms with Crippen LogP contribution in [0.25, 0.3) is 11.4 Å². The van der Waals surface area contributed by atoms with E-state index < -0.39 is 0 Å². The van der Waals surface area contributed by atoms with Gasteiger partial charge in [0.1, 0.15) is 17.2 Å². The Morgan fingerprint density at radius 2 is 1.75 bits per heavy atom. The molecule has 28 heavy (non-hydrogen) atoms. The molecule has 0 saturated carbocycles. The summed E-state index contributed by atoms with van der Waals surface area (Å²) in [6.07, 6.45) is 0. The Bertz CT molecular complexity index is 924. The zero-order valence-corrected chi connectivity index (χ0v) is 15.9. The van der Waals surface area contributed by atoms with Crippen LogP contribution in [-0.4, -0.2) is 48.8 Å². The van der Waals surface area contributed by atoms with Gasteiger partial charge in [0.25, 0.3) is 5.91 Å². The number of likely N-dealkylation sites (N-methyl/N-ethyl adjacent to an activating group) is 1. The second kappa shape index (κ2) is 8.90. The van der Waals surface area contributed by atoms with Crippen LogP contribution in [0.2, 0.25) is 0 Å². The lowest BCUT2D eigenvalue weighted by Gasteiger charge is -2.15. The minimum absolute atomic E-state index is 0.108. The number of methoxy groups -OCH3 is 2. The van der Waals surface area contributed by atoms with Gasteiger partial charge in [0, 0.05) is 18.7 Å². The van der Waals surface area contributed by atoms with E-state index in [0.29, 0.717) is 23.2 Å². The number of rotatable bonds is 8. The van der Waals surface area contributed by atoms with Gasteiger partial charge in [-0.15, -0.1) is 0 Å². The fourth-order valence-electron chi connectivity index (χ4n) is 2.41. The van der Waals surface area contributed by atoms with E-state index in [2.05, 4.69) is 10.1 Å². The SMILES string of the molecule is COc1ccc(-c2noc(CN(C)C(=O)COc3cccc(OC)c3)n2)cc1. The molecule has 0 saturated heterocycles. The zero-order valence-electron chi connectivity index (χ0n) is 15.9. The highest BCUT2D eigenvalue weighted by molar-refractivity contribution is 5.77. The third-order valence-corrected chi connectivity index (χ3v) is 4.02. The molecule has 3 aromatic rings. The number of ether oxygens (including phenoxy) is 3. The molecule has 0 aliphatic rings. The summed E-state index contributed by atoms with van der Waals surface area (Å²) in [6, 6.07) is 14.4. The van der Waals surface area contributed by atoms with Gasteiger partial charge < -0.3 is 23.6 Å². The van der Waals surface area contributed by atoms with Crippen LogP contribution in [0.4, 0.5) is 0 Å². The van der Waals surface area contributed by atoms with Gasteiger partial charge in [0.05, 0.1) is 20.8 Å². The Kier molecular flexibility index (Phi) is 6.11. The molecule has 1 amide bonds. The molecule has 1 heterocycles. The van der Waals surface area contributed by atoms with Crippen molar-refractivity contribution >= 4 is 5.91 Å². The summed E-state index contributed by atoms with van der Waals surface area (Å²) in [5.74, 6) is 2.53. The largest absolute Gasteiger partial charge is 0.497 e. The van der Waals surface area contributed by atoms with Crippen LogP contribution in [0.5, 0.6) is 17.2 Å². The van der Waals surface area contributed by atoms with Crippen molar-refractivity contribution in [2.45, 2.75) is 6.54 Å². The Morgan fingerprint density at radius 1 is 1.04 bits per heavy atom. The van der Waals surface area contributed by atoms with Crippen LogP contribution in [0, 0.1) is 0 Å². The molecule has 0 aliphatic carbocycles. The van der Waals surface area contributed by atoms with Gasteiger partial charge in [-0.1, -0.05) is 11.2 Å². The summed E-state index contributed by atoms with van der Waals surface area (Å²) >= 11 is 0. The Hall–Kier alpha value is -3.55. The summed E-state index contributed by atoms with van der Waals surface area (Å²) in [4.78, 5) is 18.1. The van der Waals surface area contributed by atoms with E-state index >= 15 is 0 Å². The standard InChI is InChI=1S/C20H21N3O5/c1-23(19(24)13-27-17-6-4-5-16(11-17)26-3)12-18-21-20(22-28-18)14-7-9-15(25-2)10-8-14/h4-11H,12-13H2,1-3H3. The molecule has 8 heteroatoms. The molecule has 0 bridgehead atoms. The highest BCUT2D eigenvalue weighted by atomic mass is 16.5. The fourth-order valence-corrected chi connectivity index (χ4v) is 2.41. The molecule has 8 nitrogen and oxygen atoms in total. The normalized spacial score (nSPS) is 10.4. The summed E-state index contributed by atoms with van der Waals surface area (Å²) < 4.78 is 21.0. The lowest BCUT2D eigenvalue weighted by molar-refractivity contribution is -0.132. The number of carbonyl (C=O) groups excluding carboxylic acids is 1. The van der Waals surface area contributed by atoms with Crippen molar-refractivity contribution in [3.05, 3.63) is 54.4 Å². The third kappa shape index (κ3) is 4.79. The van der Waals surface area contributed by atoms with Gasteiger partial charge in [-0.05, 0) is 36.4 Å². The van der Waals surface area contributed by atoms with E-state index in [1.54, 1.807) is 45.5 Å². The van der Waals surface area contributed by atoms with Crippen LogP contribution in [-0.2, 0) is 11.3 Å². The molecule has 0 fully saturated rings. The maximum absolute atomic E-state index is 12.3. The van der Waals surface area contributed by atoms with Gasteiger partial charge >= 0.3 is 0 Å². The molecule has 0 radical (unpaired) electrons. The average Bonchev–Trinajstić information content (AvgIpc) is 3.20. The van der Waals surface area contributed by atoms with Crippen LogP contribution in [0.1, 0.15) is 5.89 Å². The van der Waals surface area contributed by atoms with Crippen molar-refractivity contribution in [3.8, 4) is 28.6 Å². The minimum atomic E-state index is -0.216. The summed E-state index contributed by atoms with van der Waals surface area (Å²) in [6.45, 7) is 0.0760. The maximum Gasteiger partial charge on any atom is 0.260 e. The van der Waals surface area contributed by atoms with Crippen LogP contribution in [0.15, 0.2) is 53.1 Å². The Labute approximate surface area is 162 Å². The topological polar surface area (TPSA) is 86.9 Å². The van der Waals surface area contributed by atoms with E-state index in [1.807, 2.05) is 24.3 Å². The first-order chi connectivity index (χ1) is 13.6. The lowest BCUT2D eigenvalue weighted by Crippen LogP contribution is -2.31. The number of carbonyl (C=O) groups is 1. The quantitative estimate of drug-likeness (QED) is 0.591. The van der Waals surface area contributed by atoms with Crippen molar-refractivity contribution in [2.75, 3.05) is 27.9 Å². The molecule has 0 N–H and O–H groups in total. The van der Waals surface area contributed by atoms with Crippen LogP contribution in [0.3, 0.4) is 0 Å². The van der Waals surface area contributed by atoms with Crippen molar-refractivity contribution in [2.24, 2.45) is 0 Å². The second-order valence-corrected chi connectivity index (χ2v) is 5.96. The molecule has 0 unspecified atom stereocenters. The summed E-state index contributed by atoms with van der Waals surface area (Å²) in [5.41, 5.74) is 0.797. The zero-order chi connectivity index (χ0) is 19.9. The fraction of sp³-hybridized carbons (Fsp3) is 0.250. The molecule has 146 valence electrons. The van der Waals surface area contributed by atoms with Gasteiger partial charge in [-0.25, -0.2) is 0 Å². The maximum atomic E-state index is 12.3. The number of benzene rings is 2. The number of hydrogen-bond acceptors (Lipinski definition) is 7. The highest BCUT2D eigenvalue weighted by Crippen LogP contribution is 2.20. The highest BCUT2D eigenvalue weighted by Gasteiger charge is 2.15. The third-order valence-electron chi connectivity index (χ3n) is 4.02. The summed E-state index contributed by atoms with van der Waals surface area (Å²) in [5, 5.41) is 3.96. The van der Waals surface area contributed by atoms with E-state index in [0.717, 1.165) is 11.3 Å². The van der Waals surface area contributed by atoms with Gasteiger partial charge in [0.15, 0.2) is 6.61 Å². The van der Waals surface area contributed by atoms with Crippen LogP contribution < -0.4 is 14.2 Å². The molecule has 2 aromatic carbocycles. The van der Waals surface area contributed by atoms with Gasteiger partial charge in [-0.2, -0.15) is 4.98 Å². The smallest absolute Gasteiger partial charge is 0.260 e. The second-order valence-electron chi connectivity index (χ2n) is 5.96. The summed E-state index contributed by atoms with van der Waals surface area (Å²) in [7, 11) is 4.82. The van der Waals surface area contributed by atoms with Crippen LogP contribution >= 0.6 is 0 Å². The first-order valence-electron chi connectivity index (χ1n) is 8.57. The Balaban J connectivity index is 1.55. The van der Waals surface area contributed by atoms with E-state index in [9.17, 15) is 4.79 Å². The number of nitrogens with zero attached hydrogens (tertiary/aromatic N) is 3. The molecule has 3 rings (SSSR count). The van der Waals surface area contributed by atoms with Crippen molar-refractivity contribution in [1.82, 2.24) is 15.0 Å². The average molecular weight is 383 g/mol. The molecule has 1 aromatic heterocycles. The molecule has 0 spiro atoms. The first-order valence-corrected chi connectivity index (χ1v) is 8.57.